The molecule has 12 heteroatoms. The van der Waals surface area contributed by atoms with Crippen LogP contribution in [0.5, 0.6) is 5.75 Å². The second-order valence-electron chi connectivity index (χ2n) is 11.5. The van der Waals surface area contributed by atoms with Gasteiger partial charge >= 0.3 is 6.03 Å². The van der Waals surface area contributed by atoms with Crippen molar-refractivity contribution in [2.75, 3.05) is 57.4 Å². The fourth-order valence-electron chi connectivity index (χ4n) is 6.24. The lowest BCUT2D eigenvalue weighted by atomic mass is 9.73. The van der Waals surface area contributed by atoms with Gasteiger partial charge in [-0.25, -0.2) is 14.2 Å². The number of carbonyl (C=O) groups excluding carboxylic acids is 2. The van der Waals surface area contributed by atoms with E-state index in [9.17, 15) is 14.0 Å². The Labute approximate surface area is 259 Å². The minimum Gasteiger partial charge on any atom is -0.482 e. The van der Waals surface area contributed by atoms with Gasteiger partial charge in [0.1, 0.15) is 11.9 Å². The van der Waals surface area contributed by atoms with E-state index in [1.165, 1.54) is 12.1 Å². The number of hydrogen-bond acceptors (Lipinski definition) is 6. The summed E-state index contributed by atoms with van der Waals surface area (Å²) in [6.07, 6.45) is 2.01. The van der Waals surface area contributed by atoms with Crippen molar-refractivity contribution >= 4 is 46.6 Å². The van der Waals surface area contributed by atoms with E-state index < -0.39 is 17.3 Å². The first-order valence-electron chi connectivity index (χ1n) is 14.3. The monoisotopic (exact) mass is 626 g/mol. The molecule has 2 fully saturated rings. The summed E-state index contributed by atoms with van der Waals surface area (Å²) < 4.78 is 20.2. The van der Waals surface area contributed by atoms with Crippen LogP contribution in [0.3, 0.4) is 0 Å². The molecule has 1 atom stereocenters. The molecule has 2 saturated heterocycles. The minimum atomic E-state index is -0.718. The number of nitrogen functional groups attached to an aromatic ring is 1. The van der Waals surface area contributed by atoms with Crippen molar-refractivity contribution in [2.45, 2.75) is 31.3 Å². The Morgan fingerprint density at radius 2 is 1.74 bits per heavy atom. The lowest BCUT2D eigenvalue weighted by Crippen LogP contribution is -2.55. The Hall–Kier alpha value is -3.60. The van der Waals surface area contributed by atoms with Crippen molar-refractivity contribution in [1.82, 2.24) is 19.7 Å². The van der Waals surface area contributed by atoms with E-state index in [1.54, 1.807) is 19.2 Å². The van der Waals surface area contributed by atoms with Crippen LogP contribution < -0.4 is 15.8 Å². The maximum absolute atomic E-state index is 14.1. The number of urea groups is 1. The van der Waals surface area contributed by atoms with E-state index in [0.717, 1.165) is 35.5 Å². The van der Waals surface area contributed by atoms with Crippen LogP contribution in [0.15, 0.2) is 42.6 Å². The van der Waals surface area contributed by atoms with Gasteiger partial charge in [0.05, 0.1) is 10.4 Å². The number of piperazine rings is 1. The number of rotatable bonds is 4. The standard InChI is InChI=1S/C31H33Cl2FN6O3/c1-18(26-22(32)4-5-23(34)27(26)33)43-25-16-20(17-36-28(25)35)19-3-6-24-21(15-19)31(29(41)37-24)7-9-39(10-8-31)30(42)40-13-11-38(2)12-14-40/h3-6,15-18H,7-14H2,1-2H3,(H2,35,36)(H,37,41)/t18-/m1/s1. The van der Waals surface area contributed by atoms with Crippen molar-refractivity contribution in [3.8, 4) is 16.9 Å². The molecule has 3 aliphatic rings. The molecule has 0 aliphatic carbocycles. The Kier molecular flexibility index (Phi) is 7.87. The number of anilines is 2. The number of halogens is 3. The van der Waals surface area contributed by atoms with Gasteiger partial charge in [-0.3, -0.25) is 4.79 Å². The van der Waals surface area contributed by atoms with Gasteiger partial charge in [-0.1, -0.05) is 29.3 Å². The van der Waals surface area contributed by atoms with Crippen LogP contribution in [0.4, 0.5) is 20.7 Å². The molecule has 3 aliphatic heterocycles. The zero-order valence-corrected chi connectivity index (χ0v) is 25.5. The van der Waals surface area contributed by atoms with E-state index in [0.29, 0.717) is 50.3 Å². The molecule has 3 aromatic rings. The maximum Gasteiger partial charge on any atom is 0.320 e. The normalized spacial score (nSPS) is 18.9. The number of ether oxygens (including phenoxy) is 1. The number of fused-ring (bicyclic) bond motifs is 2. The highest BCUT2D eigenvalue weighted by Gasteiger charge is 2.49. The molecule has 1 aromatic heterocycles. The summed E-state index contributed by atoms with van der Waals surface area (Å²) >= 11 is 12.5. The van der Waals surface area contributed by atoms with Crippen molar-refractivity contribution in [2.24, 2.45) is 0 Å². The fraction of sp³-hybridized carbons (Fsp3) is 0.387. The number of aromatic nitrogens is 1. The Bertz CT molecular complexity index is 1590. The van der Waals surface area contributed by atoms with Gasteiger partial charge in [0, 0.05) is 67.3 Å². The molecular formula is C31H33Cl2FN6O3. The van der Waals surface area contributed by atoms with E-state index >= 15 is 0 Å². The quantitative estimate of drug-likeness (QED) is 0.367. The van der Waals surface area contributed by atoms with Crippen LogP contribution in [-0.4, -0.2) is 77.9 Å². The molecule has 6 rings (SSSR count). The van der Waals surface area contributed by atoms with Gasteiger partial charge in [-0.05, 0) is 68.3 Å². The summed E-state index contributed by atoms with van der Waals surface area (Å²) in [6.45, 7) is 5.87. The van der Waals surface area contributed by atoms with E-state index in [2.05, 4.69) is 22.2 Å². The molecule has 0 saturated carbocycles. The third kappa shape index (κ3) is 5.36. The molecule has 226 valence electrons. The number of benzene rings is 2. The number of pyridine rings is 1. The first kappa shape index (κ1) is 29.5. The lowest BCUT2D eigenvalue weighted by molar-refractivity contribution is -0.122. The van der Waals surface area contributed by atoms with Gasteiger partial charge in [0.25, 0.3) is 0 Å². The number of hydrogen-bond donors (Lipinski definition) is 2. The van der Waals surface area contributed by atoms with Gasteiger partial charge in [-0.2, -0.15) is 0 Å². The SMILES string of the molecule is C[C@@H](Oc1cc(-c2ccc3c(c2)C2(CCN(C(=O)N4CCN(C)CC4)CC2)C(=O)N3)cnc1N)c1c(Cl)ccc(F)c1Cl. The van der Waals surface area contributed by atoms with Crippen molar-refractivity contribution in [3.05, 3.63) is 69.6 Å². The van der Waals surface area contributed by atoms with Crippen LogP contribution in [0, 0.1) is 5.82 Å². The fourth-order valence-corrected chi connectivity index (χ4v) is 6.92. The van der Waals surface area contributed by atoms with E-state index in [-0.39, 0.29) is 27.8 Å². The van der Waals surface area contributed by atoms with Gasteiger partial charge in [0.2, 0.25) is 5.91 Å². The number of likely N-dealkylation sites (tertiary alicyclic amines) is 1. The number of nitrogens with zero attached hydrogens (tertiary/aromatic N) is 4. The molecule has 4 heterocycles. The second-order valence-corrected chi connectivity index (χ2v) is 12.3. The smallest absolute Gasteiger partial charge is 0.320 e. The molecule has 3 N–H and O–H groups in total. The van der Waals surface area contributed by atoms with Crippen LogP contribution in [0.25, 0.3) is 11.1 Å². The summed E-state index contributed by atoms with van der Waals surface area (Å²) in [4.78, 5) is 36.9. The zero-order valence-electron chi connectivity index (χ0n) is 24.0. The third-order valence-corrected chi connectivity index (χ3v) is 9.60. The molecule has 0 radical (unpaired) electrons. The largest absolute Gasteiger partial charge is 0.482 e. The predicted molar refractivity (Wildman–Crippen MR) is 165 cm³/mol. The Morgan fingerprint density at radius 1 is 1.05 bits per heavy atom. The number of nitrogens with one attached hydrogen (secondary N) is 1. The van der Waals surface area contributed by atoms with Crippen molar-refractivity contribution < 1.29 is 18.7 Å². The van der Waals surface area contributed by atoms with E-state index in [4.69, 9.17) is 33.7 Å². The lowest BCUT2D eigenvalue weighted by Gasteiger charge is -2.41. The topological polar surface area (TPSA) is 104 Å². The summed E-state index contributed by atoms with van der Waals surface area (Å²) in [7, 11) is 2.06. The first-order chi connectivity index (χ1) is 20.6. The third-order valence-electron chi connectivity index (χ3n) is 8.88. The number of amides is 3. The Balaban J connectivity index is 1.23. The molecule has 2 aromatic carbocycles. The average Bonchev–Trinajstić information content (AvgIpc) is 3.26. The number of nitrogens with two attached hydrogens (primary N) is 1. The van der Waals surface area contributed by atoms with Crippen molar-refractivity contribution in [3.63, 3.8) is 0 Å². The van der Waals surface area contributed by atoms with Gasteiger partial charge < -0.3 is 30.5 Å². The highest BCUT2D eigenvalue weighted by Crippen LogP contribution is 2.47. The maximum atomic E-state index is 14.1. The molecule has 0 bridgehead atoms. The number of piperidine rings is 1. The molecule has 0 unspecified atom stereocenters. The number of likely N-dealkylation sites (N-methyl/N-ethyl adjacent to an activating group) is 1. The van der Waals surface area contributed by atoms with Crippen LogP contribution >= 0.6 is 23.2 Å². The molecule has 1 spiro atoms. The second kappa shape index (κ2) is 11.5. The highest BCUT2D eigenvalue weighted by molar-refractivity contribution is 6.36. The summed E-state index contributed by atoms with van der Waals surface area (Å²) in [5.41, 5.74) is 8.99. The van der Waals surface area contributed by atoms with Crippen LogP contribution in [0.2, 0.25) is 10.0 Å². The number of carbonyl (C=O) groups is 2. The highest BCUT2D eigenvalue weighted by atomic mass is 35.5. The molecule has 43 heavy (non-hydrogen) atoms. The van der Waals surface area contributed by atoms with Crippen LogP contribution in [-0.2, 0) is 10.2 Å². The van der Waals surface area contributed by atoms with Gasteiger partial charge in [-0.15, -0.1) is 0 Å². The zero-order chi connectivity index (χ0) is 30.5. The minimum absolute atomic E-state index is 0.0384. The van der Waals surface area contributed by atoms with Crippen molar-refractivity contribution in [1.29, 1.82) is 0 Å². The van der Waals surface area contributed by atoms with Crippen LogP contribution in [0.1, 0.15) is 37.0 Å². The Morgan fingerprint density at radius 3 is 2.47 bits per heavy atom. The summed E-state index contributed by atoms with van der Waals surface area (Å²) in [5, 5.41) is 3.22. The summed E-state index contributed by atoms with van der Waals surface area (Å²) in [6, 6.07) is 10.2. The first-order valence-corrected chi connectivity index (χ1v) is 15.1. The average molecular weight is 628 g/mol. The molecule has 3 amide bonds. The molecular weight excluding hydrogens is 594 g/mol. The predicted octanol–water partition coefficient (Wildman–Crippen LogP) is 5.57. The van der Waals surface area contributed by atoms with E-state index in [1.807, 2.05) is 28.0 Å². The summed E-state index contributed by atoms with van der Waals surface area (Å²) in [5.74, 6) is -0.183. The van der Waals surface area contributed by atoms with Gasteiger partial charge in [0.15, 0.2) is 11.6 Å². The molecule has 9 nitrogen and oxygen atoms in total.